The van der Waals surface area contributed by atoms with Crippen molar-refractivity contribution in [3.05, 3.63) is 65.7 Å². The van der Waals surface area contributed by atoms with Crippen LogP contribution in [0, 0.1) is 6.92 Å². The van der Waals surface area contributed by atoms with Gasteiger partial charge in [0.05, 0.1) is 18.0 Å². The predicted octanol–water partition coefficient (Wildman–Crippen LogP) is 3.39. The van der Waals surface area contributed by atoms with Gasteiger partial charge in [0.15, 0.2) is 0 Å². The molecule has 3 heteroatoms. The number of aromatic nitrogens is 1. The van der Waals surface area contributed by atoms with Crippen molar-refractivity contribution in [2.75, 3.05) is 0 Å². The highest BCUT2D eigenvalue weighted by atomic mass is 16.3. The lowest BCUT2D eigenvalue weighted by Crippen LogP contribution is -2.21. The number of pyridine rings is 1. The maximum Gasteiger partial charge on any atom is 0.115 e. The molecule has 0 amide bonds. The average Bonchev–Trinajstić information content (AvgIpc) is 2.92. The number of hydrogen-bond donors (Lipinski definition) is 1. The van der Waals surface area contributed by atoms with Crippen LogP contribution in [0.3, 0.4) is 0 Å². The van der Waals surface area contributed by atoms with Gasteiger partial charge in [0.25, 0.3) is 0 Å². The van der Waals surface area contributed by atoms with Gasteiger partial charge in [-0.05, 0) is 43.7 Å². The van der Waals surface area contributed by atoms with Crippen molar-refractivity contribution in [1.82, 2.24) is 4.98 Å². The largest absolute Gasteiger partial charge is 0.472 e. The lowest BCUT2D eigenvalue weighted by Gasteiger charge is -2.22. The van der Waals surface area contributed by atoms with Gasteiger partial charge in [0, 0.05) is 16.6 Å². The molecule has 0 bridgehead atoms. The van der Waals surface area contributed by atoms with Crippen LogP contribution in [0.5, 0.6) is 0 Å². The van der Waals surface area contributed by atoms with Crippen LogP contribution < -0.4 is 0 Å². The number of hydrogen-bond acceptors (Lipinski definition) is 3. The molecular formula is C16H15NO2. The van der Waals surface area contributed by atoms with Crippen molar-refractivity contribution in [1.29, 1.82) is 0 Å². The molecule has 2 heterocycles. The minimum absolute atomic E-state index is 0.743. The van der Waals surface area contributed by atoms with Crippen molar-refractivity contribution >= 4 is 10.9 Å². The molecule has 3 nitrogen and oxygen atoms in total. The first kappa shape index (κ1) is 11.9. The van der Waals surface area contributed by atoms with Crippen molar-refractivity contribution < 1.29 is 9.52 Å². The first-order valence-corrected chi connectivity index (χ1v) is 6.20. The lowest BCUT2D eigenvalue weighted by molar-refractivity contribution is 0.102. The van der Waals surface area contributed by atoms with Crippen molar-refractivity contribution in [2.45, 2.75) is 19.4 Å². The molecule has 19 heavy (non-hydrogen) atoms. The topological polar surface area (TPSA) is 46.3 Å². The summed E-state index contributed by atoms with van der Waals surface area (Å²) in [4.78, 5) is 4.46. The average molecular weight is 253 g/mol. The van der Waals surface area contributed by atoms with Gasteiger partial charge in [0.2, 0.25) is 0 Å². The van der Waals surface area contributed by atoms with Crippen LogP contribution in [0.15, 0.2) is 53.3 Å². The van der Waals surface area contributed by atoms with Crippen LogP contribution in [-0.2, 0) is 5.60 Å². The quantitative estimate of drug-likeness (QED) is 0.761. The van der Waals surface area contributed by atoms with Gasteiger partial charge < -0.3 is 9.52 Å². The maximum absolute atomic E-state index is 10.7. The fourth-order valence-electron chi connectivity index (χ4n) is 2.24. The molecule has 0 saturated heterocycles. The monoisotopic (exact) mass is 253 g/mol. The van der Waals surface area contributed by atoms with E-state index in [9.17, 15) is 5.11 Å². The van der Waals surface area contributed by atoms with Gasteiger partial charge in [-0.3, -0.25) is 4.98 Å². The number of aryl methyl sites for hydroxylation is 1. The standard InChI is InChI=1S/C16H15NO2/c1-11-3-4-12-9-13(5-6-15(12)17-11)16(2,18)14-7-8-19-10-14/h3-10,18H,1-2H3. The van der Waals surface area contributed by atoms with Gasteiger partial charge in [-0.25, -0.2) is 0 Å². The molecule has 0 aliphatic heterocycles. The second-order valence-corrected chi connectivity index (χ2v) is 4.94. The van der Waals surface area contributed by atoms with E-state index in [1.54, 1.807) is 25.5 Å². The summed E-state index contributed by atoms with van der Waals surface area (Å²) >= 11 is 0. The van der Waals surface area contributed by atoms with Gasteiger partial charge in [0.1, 0.15) is 5.60 Å². The van der Waals surface area contributed by atoms with Gasteiger partial charge >= 0.3 is 0 Å². The van der Waals surface area contributed by atoms with Crippen molar-refractivity contribution in [2.24, 2.45) is 0 Å². The Morgan fingerprint density at radius 3 is 2.68 bits per heavy atom. The third-order valence-corrected chi connectivity index (χ3v) is 3.47. The highest BCUT2D eigenvalue weighted by Gasteiger charge is 2.26. The first-order valence-electron chi connectivity index (χ1n) is 6.20. The van der Waals surface area contributed by atoms with E-state index in [1.165, 1.54) is 0 Å². The van der Waals surface area contributed by atoms with Gasteiger partial charge in [-0.15, -0.1) is 0 Å². The Morgan fingerprint density at radius 1 is 1.11 bits per heavy atom. The summed E-state index contributed by atoms with van der Waals surface area (Å²) in [5.74, 6) is 0. The molecule has 96 valence electrons. The van der Waals surface area contributed by atoms with Crippen LogP contribution in [0.4, 0.5) is 0 Å². The Bertz CT molecular complexity index is 715. The first-order chi connectivity index (χ1) is 9.07. The van der Waals surface area contributed by atoms with E-state index in [0.717, 1.165) is 27.7 Å². The summed E-state index contributed by atoms with van der Waals surface area (Å²) in [6.45, 7) is 3.73. The highest BCUT2D eigenvalue weighted by molar-refractivity contribution is 5.79. The van der Waals surface area contributed by atoms with Crippen LogP contribution in [0.25, 0.3) is 10.9 Å². The third kappa shape index (κ3) is 2.02. The van der Waals surface area contributed by atoms with Crippen LogP contribution in [0.1, 0.15) is 23.7 Å². The molecule has 0 saturated carbocycles. The number of furan rings is 1. The molecule has 2 aromatic heterocycles. The zero-order valence-electron chi connectivity index (χ0n) is 10.9. The highest BCUT2D eigenvalue weighted by Crippen LogP contribution is 2.31. The molecule has 0 fully saturated rings. The smallest absolute Gasteiger partial charge is 0.115 e. The number of fused-ring (bicyclic) bond motifs is 1. The normalized spacial score (nSPS) is 14.5. The molecule has 0 aliphatic rings. The van der Waals surface area contributed by atoms with Crippen molar-refractivity contribution in [3.63, 3.8) is 0 Å². The summed E-state index contributed by atoms with van der Waals surface area (Å²) in [5, 5.41) is 11.7. The molecule has 0 spiro atoms. The second-order valence-electron chi connectivity index (χ2n) is 4.94. The Morgan fingerprint density at radius 2 is 1.95 bits per heavy atom. The summed E-state index contributed by atoms with van der Waals surface area (Å²) in [5.41, 5.74) is 2.43. The summed E-state index contributed by atoms with van der Waals surface area (Å²) in [6.07, 6.45) is 3.13. The minimum atomic E-state index is -1.06. The molecule has 1 aromatic carbocycles. The minimum Gasteiger partial charge on any atom is -0.472 e. The SMILES string of the molecule is Cc1ccc2cc(C(C)(O)c3ccoc3)ccc2n1. The Hall–Kier alpha value is -2.13. The molecule has 1 unspecified atom stereocenters. The maximum atomic E-state index is 10.7. The van der Waals surface area contributed by atoms with Crippen LogP contribution >= 0.6 is 0 Å². The number of benzene rings is 1. The Balaban J connectivity index is 2.13. The van der Waals surface area contributed by atoms with Crippen LogP contribution in [0.2, 0.25) is 0 Å². The van der Waals surface area contributed by atoms with E-state index in [2.05, 4.69) is 4.98 Å². The second kappa shape index (κ2) is 4.21. The number of rotatable bonds is 2. The predicted molar refractivity (Wildman–Crippen MR) is 73.9 cm³/mol. The fourth-order valence-corrected chi connectivity index (χ4v) is 2.24. The summed E-state index contributed by atoms with van der Waals surface area (Å²) in [7, 11) is 0. The van der Waals surface area contributed by atoms with E-state index >= 15 is 0 Å². The molecule has 0 radical (unpaired) electrons. The molecule has 3 aromatic rings. The molecule has 0 aliphatic carbocycles. The van der Waals surface area contributed by atoms with E-state index in [4.69, 9.17) is 4.42 Å². The zero-order valence-corrected chi connectivity index (χ0v) is 10.9. The number of nitrogens with zero attached hydrogens (tertiary/aromatic N) is 1. The van der Waals surface area contributed by atoms with E-state index in [-0.39, 0.29) is 0 Å². The summed E-state index contributed by atoms with van der Waals surface area (Å²) < 4.78 is 5.05. The third-order valence-electron chi connectivity index (χ3n) is 3.47. The Labute approximate surface area is 111 Å². The molecular weight excluding hydrogens is 238 g/mol. The molecule has 1 atom stereocenters. The van der Waals surface area contributed by atoms with E-state index in [0.29, 0.717) is 0 Å². The van der Waals surface area contributed by atoms with Gasteiger partial charge in [-0.1, -0.05) is 12.1 Å². The Kier molecular flexibility index (Phi) is 2.64. The van der Waals surface area contributed by atoms with Gasteiger partial charge in [-0.2, -0.15) is 0 Å². The summed E-state index contributed by atoms with van der Waals surface area (Å²) in [6, 6.07) is 11.6. The lowest BCUT2D eigenvalue weighted by atomic mass is 9.89. The van der Waals surface area contributed by atoms with Crippen LogP contribution in [-0.4, -0.2) is 10.1 Å². The number of aliphatic hydroxyl groups is 1. The van der Waals surface area contributed by atoms with E-state index in [1.807, 2.05) is 37.3 Å². The zero-order chi connectivity index (χ0) is 13.5. The molecule has 3 rings (SSSR count). The fraction of sp³-hybridized carbons (Fsp3) is 0.188. The van der Waals surface area contributed by atoms with E-state index < -0.39 is 5.60 Å². The van der Waals surface area contributed by atoms with Crippen molar-refractivity contribution in [3.8, 4) is 0 Å². The molecule has 1 N–H and O–H groups in total.